The molecule has 2 fully saturated rings. The monoisotopic (exact) mass is 355 g/mol. The number of carbonyl (C=O) groups excluding carboxylic acids is 2. The third-order valence-corrected chi connectivity index (χ3v) is 6.25. The van der Waals surface area contributed by atoms with Crippen LogP contribution in [0.3, 0.4) is 0 Å². The minimum atomic E-state index is -0.416. The first-order chi connectivity index (χ1) is 12.7. The maximum atomic E-state index is 13.5. The number of ether oxygens (including phenoxy) is 2. The van der Waals surface area contributed by atoms with Crippen molar-refractivity contribution in [3.8, 4) is 5.75 Å². The maximum absolute atomic E-state index is 13.5. The summed E-state index contributed by atoms with van der Waals surface area (Å²) in [5, 5.41) is 1.52. The molecule has 1 amide bonds. The Morgan fingerprint density at radius 2 is 1.88 bits per heavy atom. The summed E-state index contributed by atoms with van der Waals surface area (Å²) in [5.74, 6) is -0.165. The Kier molecular flexibility index (Phi) is 3.57. The van der Waals surface area contributed by atoms with Gasteiger partial charge in [-0.15, -0.1) is 0 Å². The number of allylic oxidation sites excluding steroid dienone is 2. The fraction of sp³-hybridized carbons (Fsp3) is 0.500. The molecule has 2 heterocycles. The molecule has 6 nitrogen and oxygen atoms in total. The number of nitrogens with zero attached hydrogens (tertiary/aromatic N) is 1. The molecule has 0 radical (unpaired) electrons. The van der Waals surface area contributed by atoms with Crippen LogP contribution in [-0.4, -0.2) is 37.3 Å². The van der Waals surface area contributed by atoms with Gasteiger partial charge >= 0.3 is 5.97 Å². The molecule has 1 saturated heterocycles. The standard InChI is InChI=1S/C20H21NO5/c1-24-20(23)17-12-7-6-11(8-12)16(17)19(22)21-18-13(10-26-21)9-25-15-5-3-2-4-14(15)18/h2-7,11-13,16-18H,8-10H2,1H3/t11-,12+,13+,16-,17+,18-/m0/s1. The molecule has 0 spiro atoms. The van der Waals surface area contributed by atoms with Crippen molar-refractivity contribution in [1.82, 2.24) is 5.06 Å². The second-order valence-electron chi connectivity index (χ2n) is 7.54. The average molecular weight is 355 g/mol. The van der Waals surface area contributed by atoms with Gasteiger partial charge in [0.05, 0.1) is 38.2 Å². The number of carbonyl (C=O) groups is 2. The number of esters is 1. The highest BCUT2D eigenvalue weighted by molar-refractivity contribution is 5.87. The Morgan fingerprint density at radius 3 is 2.69 bits per heavy atom. The number of hydrogen-bond donors (Lipinski definition) is 0. The van der Waals surface area contributed by atoms with Crippen molar-refractivity contribution in [2.45, 2.75) is 12.5 Å². The fourth-order valence-electron chi connectivity index (χ4n) is 5.08. The Morgan fingerprint density at radius 1 is 1.12 bits per heavy atom. The van der Waals surface area contributed by atoms with Crippen LogP contribution >= 0.6 is 0 Å². The van der Waals surface area contributed by atoms with Gasteiger partial charge in [-0.25, -0.2) is 5.06 Å². The van der Waals surface area contributed by atoms with Gasteiger partial charge in [0.15, 0.2) is 0 Å². The van der Waals surface area contributed by atoms with E-state index in [0.29, 0.717) is 13.2 Å². The van der Waals surface area contributed by atoms with E-state index in [4.69, 9.17) is 14.3 Å². The average Bonchev–Trinajstić information content (AvgIpc) is 3.40. The number of fused-ring (bicyclic) bond motifs is 5. The highest BCUT2D eigenvalue weighted by Gasteiger charge is 2.56. The van der Waals surface area contributed by atoms with E-state index >= 15 is 0 Å². The SMILES string of the molecule is COC(=O)[C@H]1[C@@H](C(=O)N2OC[C@H]3COc4ccccc4[C@H]32)[C@H]2C=C[C@@H]1C2. The minimum Gasteiger partial charge on any atom is -0.493 e. The predicted octanol–water partition coefficient (Wildman–Crippen LogP) is 2.12. The summed E-state index contributed by atoms with van der Waals surface area (Å²) in [7, 11) is 1.39. The molecule has 1 aromatic rings. The fourth-order valence-corrected chi connectivity index (χ4v) is 5.08. The summed E-state index contributed by atoms with van der Waals surface area (Å²) in [6, 6.07) is 7.62. The van der Waals surface area contributed by atoms with Crippen LogP contribution in [0.15, 0.2) is 36.4 Å². The smallest absolute Gasteiger partial charge is 0.310 e. The quantitative estimate of drug-likeness (QED) is 0.601. The molecular weight excluding hydrogens is 334 g/mol. The third kappa shape index (κ3) is 2.14. The van der Waals surface area contributed by atoms with Crippen molar-refractivity contribution in [3.05, 3.63) is 42.0 Å². The first kappa shape index (κ1) is 15.9. The molecule has 0 N–H and O–H groups in total. The van der Waals surface area contributed by atoms with Crippen molar-refractivity contribution >= 4 is 11.9 Å². The Labute approximate surface area is 151 Å². The lowest BCUT2D eigenvalue weighted by Crippen LogP contribution is -2.43. The number of methoxy groups -OCH3 is 1. The van der Waals surface area contributed by atoms with Crippen LogP contribution in [-0.2, 0) is 19.2 Å². The van der Waals surface area contributed by atoms with Crippen molar-refractivity contribution in [2.24, 2.45) is 29.6 Å². The topological polar surface area (TPSA) is 65.1 Å². The zero-order chi connectivity index (χ0) is 17.8. The minimum absolute atomic E-state index is 0.0781. The van der Waals surface area contributed by atoms with Crippen molar-refractivity contribution in [1.29, 1.82) is 0 Å². The molecule has 6 heteroatoms. The van der Waals surface area contributed by atoms with Gasteiger partial charge in [0.25, 0.3) is 5.91 Å². The number of hydroxylamine groups is 2. The zero-order valence-electron chi connectivity index (χ0n) is 14.5. The van der Waals surface area contributed by atoms with Crippen LogP contribution in [0.25, 0.3) is 0 Å². The number of amides is 1. The van der Waals surface area contributed by atoms with E-state index in [1.807, 2.05) is 30.3 Å². The van der Waals surface area contributed by atoms with E-state index in [9.17, 15) is 9.59 Å². The Balaban J connectivity index is 1.48. The van der Waals surface area contributed by atoms with E-state index in [0.717, 1.165) is 17.7 Å². The lowest BCUT2D eigenvalue weighted by Gasteiger charge is -2.34. The Hall–Kier alpha value is -2.34. The van der Waals surface area contributed by atoms with Crippen molar-refractivity contribution < 1.29 is 23.9 Å². The summed E-state index contributed by atoms with van der Waals surface area (Å²) in [4.78, 5) is 31.6. The van der Waals surface area contributed by atoms with Gasteiger partial charge < -0.3 is 9.47 Å². The lowest BCUT2D eigenvalue weighted by molar-refractivity contribution is -0.186. The van der Waals surface area contributed by atoms with Crippen LogP contribution in [0.5, 0.6) is 5.75 Å². The van der Waals surface area contributed by atoms with Gasteiger partial charge in [-0.05, 0) is 24.3 Å². The largest absolute Gasteiger partial charge is 0.493 e. The molecule has 0 aromatic heterocycles. The predicted molar refractivity (Wildman–Crippen MR) is 90.7 cm³/mol. The molecule has 1 saturated carbocycles. The van der Waals surface area contributed by atoms with Gasteiger partial charge in [-0.1, -0.05) is 30.4 Å². The number of para-hydroxylation sites is 1. The summed E-state index contributed by atoms with van der Waals surface area (Å²) >= 11 is 0. The van der Waals surface area contributed by atoms with Crippen molar-refractivity contribution in [3.63, 3.8) is 0 Å². The molecule has 4 aliphatic rings. The normalized spacial score (nSPS) is 36.4. The second-order valence-corrected chi connectivity index (χ2v) is 7.54. The van der Waals surface area contributed by atoms with E-state index in [-0.39, 0.29) is 35.7 Å². The van der Waals surface area contributed by atoms with Gasteiger partial charge in [-0.3, -0.25) is 14.4 Å². The second kappa shape index (κ2) is 5.84. The van der Waals surface area contributed by atoms with Crippen LogP contribution in [0.1, 0.15) is 18.0 Å². The molecule has 26 heavy (non-hydrogen) atoms. The van der Waals surface area contributed by atoms with E-state index in [1.54, 1.807) is 0 Å². The molecule has 0 unspecified atom stereocenters. The van der Waals surface area contributed by atoms with Crippen LogP contribution in [0.4, 0.5) is 0 Å². The van der Waals surface area contributed by atoms with Crippen molar-refractivity contribution in [2.75, 3.05) is 20.3 Å². The van der Waals surface area contributed by atoms with Gasteiger partial charge in [-0.2, -0.15) is 0 Å². The van der Waals surface area contributed by atoms with E-state index < -0.39 is 11.8 Å². The number of hydrogen-bond acceptors (Lipinski definition) is 5. The lowest BCUT2D eigenvalue weighted by atomic mass is 9.81. The number of rotatable bonds is 2. The molecule has 2 aliphatic heterocycles. The summed E-state index contributed by atoms with van der Waals surface area (Å²) in [6.45, 7) is 0.979. The van der Waals surface area contributed by atoms with Gasteiger partial charge in [0.2, 0.25) is 0 Å². The zero-order valence-corrected chi connectivity index (χ0v) is 14.5. The summed E-state index contributed by atoms with van der Waals surface area (Å²) in [6.07, 6.45) is 4.95. The highest BCUT2D eigenvalue weighted by Crippen LogP contribution is 2.51. The van der Waals surface area contributed by atoms with Crippen LogP contribution in [0.2, 0.25) is 0 Å². The summed E-state index contributed by atoms with van der Waals surface area (Å²) < 4.78 is 10.8. The molecular formula is C20H21NO5. The molecule has 2 bridgehead atoms. The highest BCUT2D eigenvalue weighted by atomic mass is 16.7. The Bertz CT molecular complexity index is 790. The molecule has 2 aliphatic carbocycles. The van der Waals surface area contributed by atoms with Crippen LogP contribution < -0.4 is 4.74 Å². The van der Waals surface area contributed by atoms with Gasteiger partial charge in [0.1, 0.15) is 5.75 Å². The van der Waals surface area contributed by atoms with Gasteiger partial charge in [0, 0.05) is 11.5 Å². The molecule has 6 atom stereocenters. The van der Waals surface area contributed by atoms with E-state index in [2.05, 4.69) is 6.08 Å². The molecule has 1 aromatic carbocycles. The maximum Gasteiger partial charge on any atom is 0.310 e. The summed E-state index contributed by atoms with van der Waals surface area (Å²) in [5.41, 5.74) is 0.975. The van der Waals surface area contributed by atoms with E-state index in [1.165, 1.54) is 12.2 Å². The number of benzene rings is 1. The first-order valence-electron chi connectivity index (χ1n) is 9.13. The first-order valence-corrected chi connectivity index (χ1v) is 9.13. The molecule has 5 rings (SSSR count). The third-order valence-electron chi connectivity index (χ3n) is 6.25. The molecule has 136 valence electrons. The van der Waals surface area contributed by atoms with Crippen LogP contribution in [0, 0.1) is 29.6 Å².